The number of nitrogens with zero attached hydrogens (tertiary/aromatic N) is 3. The van der Waals surface area contributed by atoms with Crippen LogP contribution in [-0.2, 0) is 0 Å². The molecule has 2 aliphatic rings. The summed E-state index contributed by atoms with van der Waals surface area (Å²) in [5.74, 6) is 3.68. The maximum atomic E-state index is 4.57. The van der Waals surface area contributed by atoms with Crippen molar-refractivity contribution in [2.45, 2.75) is 20.3 Å². The number of aryl methyl sites for hydroxylation is 2. The molecule has 1 aromatic rings. The summed E-state index contributed by atoms with van der Waals surface area (Å²) >= 11 is 0. The van der Waals surface area contributed by atoms with E-state index >= 15 is 0 Å². The highest BCUT2D eigenvalue weighted by Gasteiger charge is 2.33. The first kappa shape index (κ1) is 11.0. The monoisotopic (exact) mass is 232 g/mol. The summed E-state index contributed by atoms with van der Waals surface area (Å²) in [6, 6.07) is 2.11. The Kier molecular flexibility index (Phi) is 2.74. The van der Waals surface area contributed by atoms with E-state index < -0.39 is 0 Å². The van der Waals surface area contributed by atoms with Crippen LogP contribution in [0, 0.1) is 25.7 Å². The number of nitrogens with one attached hydrogen (secondary N) is 1. The van der Waals surface area contributed by atoms with Crippen LogP contribution in [0.15, 0.2) is 6.07 Å². The third-order valence-electron chi connectivity index (χ3n) is 3.98. The Morgan fingerprint density at radius 1 is 1.24 bits per heavy atom. The van der Waals surface area contributed by atoms with Crippen molar-refractivity contribution < 1.29 is 0 Å². The zero-order valence-electron chi connectivity index (χ0n) is 10.6. The van der Waals surface area contributed by atoms with Crippen molar-refractivity contribution in [2.75, 3.05) is 31.1 Å². The number of rotatable bonds is 1. The van der Waals surface area contributed by atoms with Gasteiger partial charge in [-0.05, 0) is 45.2 Å². The Bertz CT molecular complexity index is 398. The van der Waals surface area contributed by atoms with E-state index in [0.29, 0.717) is 0 Å². The van der Waals surface area contributed by atoms with E-state index in [2.05, 4.69) is 26.3 Å². The van der Waals surface area contributed by atoms with E-state index in [1.54, 1.807) is 0 Å². The second-order valence-electron chi connectivity index (χ2n) is 5.33. The summed E-state index contributed by atoms with van der Waals surface area (Å²) in [5.41, 5.74) is 1.07. The van der Waals surface area contributed by atoms with Crippen LogP contribution in [0.5, 0.6) is 0 Å². The van der Waals surface area contributed by atoms with Crippen LogP contribution in [0.3, 0.4) is 0 Å². The molecule has 4 nitrogen and oxygen atoms in total. The van der Waals surface area contributed by atoms with Crippen LogP contribution in [0.25, 0.3) is 0 Å². The molecule has 4 heteroatoms. The Morgan fingerprint density at radius 2 is 2.06 bits per heavy atom. The van der Waals surface area contributed by atoms with E-state index in [4.69, 9.17) is 0 Å². The van der Waals surface area contributed by atoms with Gasteiger partial charge in [0.2, 0.25) is 0 Å². The van der Waals surface area contributed by atoms with E-state index in [9.17, 15) is 0 Å². The number of hydrogen-bond acceptors (Lipinski definition) is 4. The van der Waals surface area contributed by atoms with Gasteiger partial charge in [0.05, 0.1) is 0 Å². The van der Waals surface area contributed by atoms with Gasteiger partial charge < -0.3 is 10.2 Å². The number of aromatic nitrogens is 2. The largest absolute Gasteiger partial charge is 0.356 e. The number of piperidine rings is 1. The van der Waals surface area contributed by atoms with Gasteiger partial charge in [0.15, 0.2) is 0 Å². The third kappa shape index (κ3) is 2.14. The lowest BCUT2D eigenvalue weighted by molar-refractivity contribution is 0.347. The van der Waals surface area contributed by atoms with Crippen molar-refractivity contribution in [1.29, 1.82) is 0 Å². The Balaban J connectivity index is 1.80. The van der Waals surface area contributed by atoms with Crippen LogP contribution < -0.4 is 10.2 Å². The van der Waals surface area contributed by atoms with Crippen molar-refractivity contribution in [3.05, 3.63) is 17.6 Å². The number of anilines is 1. The summed E-state index contributed by atoms with van der Waals surface area (Å²) in [5, 5.41) is 3.50. The molecule has 2 unspecified atom stereocenters. The molecule has 0 spiro atoms. The van der Waals surface area contributed by atoms with E-state index in [1.807, 2.05) is 13.8 Å². The highest BCUT2D eigenvalue weighted by molar-refractivity contribution is 5.40. The van der Waals surface area contributed by atoms with E-state index in [1.165, 1.54) is 19.5 Å². The molecule has 0 aliphatic carbocycles. The number of hydrogen-bond donors (Lipinski definition) is 1. The van der Waals surface area contributed by atoms with Gasteiger partial charge in [-0.2, -0.15) is 0 Å². The summed E-state index contributed by atoms with van der Waals surface area (Å²) < 4.78 is 0. The Morgan fingerprint density at radius 3 is 2.88 bits per heavy atom. The molecule has 92 valence electrons. The van der Waals surface area contributed by atoms with Gasteiger partial charge in [0.1, 0.15) is 11.6 Å². The zero-order chi connectivity index (χ0) is 11.8. The molecule has 2 atom stereocenters. The highest BCUT2D eigenvalue weighted by Crippen LogP contribution is 2.29. The van der Waals surface area contributed by atoms with Crippen LogP contribution in [-0.4, -0.2) is 36.1 Å². The molecule has 3 heterocycles. The molecular formula is C13H20N4. The second-order valence-corrected chi connectivity index (χ2v) is 5.33. The quantitative estimate of drug-likeness (QED) is 0.788. The molecule has 2 aliphatic heterocycles. The fourth-order valence-electron chi connectivity index (χ4n) is 3.10. The first-order valence-electron chi connectivity index (χ1n) is 6.50. The summed E-state index contributed by atoms with van der Waals surface area (Å²) in [6.07, 6.45) is 1.29. The third-order valence-corrected chi connectivity index (χ3v) is 3.98. The predicted molar refractivity (Wildman–Crippen MR) is 68.2 cm³/mol. The first-order valence-corrected chi connectivity index (χ1v) is 6.50. The lowest BCUT2D eigenvalue weighted by Crippen LogP contribution is -2.40. The topological polar surface area (TPSA) is 41.0 Å². The van der Waals surface area contributed by atoms with Gasteiger partial charge in [-0.15, -0.1) is 0 Å². The highest BCUT2D eigenvalue weighted by atomic mass is 15.2. The lowest BCUT2D eigenvalue weighted by atomic mass is 9.89. The van der Waals surface area contributed by atoms with Gasteiger partial charge in [-0.25, -0.2) is 9.97 Å². The van der Waals surface area contributed by atoms with Gasteiger partial charge in [0.25, 0.3) is 0 Å². The van der Waals surface area contributed by atoms with Crippen LogP contribution in [0.1, 0.15) is 17.9 Å². The van der Waals surface area contributed by atoms with Crippen LogP contribution in [0.4, 0.5) is 5.82 Å². The normalized spacial score (nSPS) is 28.2. The molecule has 3 rings (SSSR count). The molecule has 0 aromatic carbocycles. The fourth-order valence-corrected chi connectivity index (χ4v) is 3.10. The summed E-state index contributed by atoms with van der Waals surface area (Å²) in [4.78, 5) is 11.3. The minimum atomic E-state index is 0.805. The molecule has 1 N–H and O–H groups in total. The lowest BCUT2D eigenvalue weighted by Gasteiger charge is -2.35. The minimum Gasteiger partial charge on any atom is -0.356 e. The Labute approximate surface area is 102 Å². The van der Waals surface area contributed by atoms with Crippen LogP contribution in [0.2, 0.25) is 0 Å². The number of fused-ring (bicyclic) bond motifs is 1. The average molecular weight is 232 g/mol. The molecule has 0 bridgehead atoms. The zero-order valence-corrected chi connectivity index (χ0v) is 10.6. The smallest absolute Gasteiger partial charge is 0.132 e. The molecule has 1 aromatic heterocycles. The van der Waals surface area contributed by atoms with E-state index in [0.717, 1.165) is 42.3 Å². The second kappa shape index (κ2) is 4.26. The molecule has 17 heavy (non-hydrogen) atoms. The van der Waals surface area contributed by atoms with Crippen molar-refractivity contribution in [3.8, 4) is 0 Å². The van der Waals surface area contributed by atoms with E-state index in [-0.39, 0.29) is 0 Å². The van der Waals surface area contributed by atoms with Gasteiger partial charge in [-0.3, -0.25) is 0 Å². The maximum Gasteiger partial charge on any atom is 0.132 e. The van der Waals surface area contributed by atoms with Gasteiger partial charge in [-0.1, -0.05) is 0 Å². The molecule has 2 fully saturated rings. The molecule has 2 saturated heterocycles. The molecule has 0 amide bonds. The van der Waals surface area contributed by atoms with Crippen molar-refractivity contribution >= 4 is 5.82 Å². The fraction of sp³-hybridized carbons (Fsp3) is 0.692. The summed E-state index contributed by atoms with van der Waals surface area (Å²) in [6.45, 7) is 8.68. The average Bonchev–Trinajstić information content (AvgIpc) is 2.74. The molecule has 0 saturated carbocycles. The minimum absolute atomic E-state index is 0.805. The van der Waals surface area contributed by atoms with Crippen molar-refractivity contribution in [2.24, 2.45) is 11.8 Å². The maximum absolute atomic E-state index is 4.57. The molecular weight excluding hydrogens is 212 g/mol. The van der Waals surface area contributed by atoms with Crippen LogP contribution >= 0.6 is 0 Å². The van der Waals surface area contributed by atoms with Gasteiger partial charge in [0, 0.05) is 24.8 Å². The SMILES string of the molecule is Cc1cc(N2CCC3CNCC3C2)nc(C)n1. The first-order chi connectivity index (χ1) is 8.22. The predicted octanol–water partition coefficient (Wildman–Crippen LogP) is 1.14. The van der Waals surface area contributed by atoms with Crippen molar-refractivity contribution in [1.82, 2.24) is 15.3 Å². The Hall–Kier alpha value is -1.16. The van der Waals surface area contributed by atoms with Gasteiger partial charge >= 0.3 is 0 Å². The molecule has 0 radical (unpaired) electrons. The summed E-state index contributed by atoms with van der Waals surface area (Å²) in [7, 11) is 0. The van der Waals surface area contributed by atoms with Crippen molar-refractivity contribution in [3.63, 3.8) is 0 Å². The standard InChI is InChI=1S/C13H20N4/c1-9-5-13(16-10(2)15-9)17-4-3-11-6-14-7-12(11)8-17/h5,11-12,14H,3-4,6-8H2,1-2H3.